The molecule has 0 atom stereocenters. The molecule has 0 fully saturated rings. The number of hydrogen-bond donors (Lipinski definition) is 3. The summed E-state index contributed by atoms with van der Waals surface area (Å²) < 4.78 is 14.6. The van der Waals surface area contributed by atoms with Gasteiger partial charge in [0.2, 0.25) is 0 Å². The van der Waals surface area contributed by atoms with Crippen molar-refractivity contribution in [2.24, 2.45) is 0 Å². The van der Waals surface area contributed by atoms with Crippen molar-refractivity contribution in [2.75, 3.05) is 32.5 Å². The van der Waals surface area contributed by atoms with E-state index in [9.17, 15) is 4.39 Å². The largest absolute Gasteiger partial charge is 0.384 e. The minimum Gasteiger partial charge on any atom is -0.384 e. The Hall–Kier alpha value is -4.70. The first-order chi connectivity index (χ1) is 18.0. The topological polar surface area (TPSA) is 111 Å². The van der Waals surface area contributed by atoms with Crippen molar-refractivity contribution < 1.29 is 4.39 Å². The van der Waals surface area contributed by atoms with Gasteiger partial charge in [-0.2, -0.15) is 5.10 Å². The SMILES string of the molecule is CN(C)CCNc1cc(F)cc(-c2cncc3[nH]c(-c4n[nH]c5ccc(-c6cccnc6)nc45)nc23)c1. The molecule has 5 aromatic heterocycles. The number of benzene rings is 1. The Labute approximate surface area is 211 Å². The van der Waals surface area contributed by atoms with E-state index in [1.165, 1.54) is 12.1 Å². The lowest BCUT2D eigenvalue weighted by Crippen LogP contribution is -2.20. The molecule has 37 heavy (non-hydrogen) atoms. The molecule has 184 valence electrons. The lowest BCUT2D eigenvalue weighted by atomic mass is 10.1. The number of hydrogen-bond acceptors (Lipinski definition) is 7. The van der Waals surface area contributed by atoms with Crippen LogP contribution in [-0.2, 0) is 0 Å². The van der Waals surface area contributed by atoms with E-state index in [4.69, 9.17) is 9.97 Å². The quantitative estimate of drug-likeness (QED) is 0.295. The number of halogens is 1. The fourth-order valence-corrected chi connectivity index (χ4v) is 4.27. The summed E-state index contributed by atoms with van der Waals surface area (Å²) in [6.45, 7) is 1.53. The maximum atomic E-state index is 14.6. The van der Waals surface area contributed by atoms with E-state index in [-0.39, 0.29) is 5.82 Å². The number of aromatic amines is 2. The van der Waals surface area contributed by atoms with Crippen LogP contribution in [0.15, 0.2) is 67.3 Å². The average Bonchev–Trinajstić information content (AvgIpc) is 3.52. The first-order valence-corrected chi connectivity index (χ1v) is 11.8. The number of likely N-dealkylation sites (N-methyl/N-ethyl adjacent to an activating group) is 1. The van der Waals surface area contributed by atoms with E-state index >= 15 is 0 Å². The van der Waals surface area contributed by atoms with E-state index in [0.717, 1.165) is 34.4 Å². The highest BCUT2D eigenvalue weighted by Crippen LogP contribution is 2.32. The zero-order valence-electron chi connectivity index (χ0n) is 20.3. The van der Waals surface area contributed by atoms with Crippen molar-refractivity contribution in [2.45, 2.75) is 0 Å². The third-order valence-corrected chi connectivity index (χ3v) is 6.08. The summed E-state index contributed by atoms with van der Waals surface area (Å²) in [5.74, 6) is 0.218. The molecule has 10 heteroatoms. The zero-order valence-corrected chi connectivity index (χ0v) is 20.3. The standard InChI is InChI=1S/C27H24FN9/c1-37(2)9-8-31-19-11-17(10-18(28)12-19)20-14-30-15-23-24(20)34-27(33-23)26-25-22(35-36-26)6-5-21(32-25)16-4-3-7-29-13-16/h3-7,10-15,31H,8-9H2,1-2H3,(H,33,34)(H,35,36). The van der Waals surface area contributed by atoms with Crippen molar-refractivity contribution >= 4 is 27.8 Å². The van der Waals surface area contributed by atoms with Gasteiger partial charge in [0.1, 0.15) is 11.3 Å². The van der Waals surface area contributed by atoms with Crippen LogP contribution < -0.4 is 5.32 Å². The molecule has 6 aromatic rings. The highest BCUT2D eigenvalue weighted by Gasteiger charge is 2.17. The summed E-state index contributed by atoms with van der Waals surface area (Å²) in [4.78, 5) is 23.6. The number of fused-ring (bicyclic) bond motifs is 2. The highest BCUT2D eigenvalue weighted by molar-refractivity contribution is 5.96. The van der Waals surface area contributed by atoms with Gasteiger partial charge in [0.25, 0.3) is 0 Å². The Morgan fingerprint density at radius 1 is 0.919 bits per heavy atom. The monoisotopic (exact) mass is 493 g/mol. The average molecular weight is 494 g/mol. The summed E-state index contributed by atoms with van der Waals surface area (Å²) in [5.41, 5.74) is 7.28. The lowest BCUT2D eigenvalue weighted by molar-refractivity contribution is 0.425. The fourth-order valence-electron chi connectivity index (χ4n) is 4.27. The number of imidazole rings is 1. The molecule has 9 nitrogen and oxygen atoms in total. The summed E-state index contributed by atoms with van der Waals surface area (Å²) >= 11 is 0. The predicted octanol–water partition coefficient (Wildman–Crippen LogP) is 4.74. The smallest absolute Gasteiger partial charge is 0.161 e. The Morgan fingerprint density at radius 2 is 1.84 bits per heavy atom. The third kappa shape index (κ3) is 4.50. The first-order valence-electron chi connectivity index (χ1n) is 11.8. The normalized spacial score (nSPS) is 11.6. The maximum absolute atomic E-state index is 14.6. The molecule has 0 unspecified atom stereocenters. The van der Waals surface area contributed by atoms with Crippen LogP contribution in [0, 0.1) is 5.82 Å². The second-order valence-corrected chi connectivity index (χ2v) is 9.03. The Morgan fingerprint density at radius 3 is 2.68 bits per heavy atom. The minimum atomic E-state index is -0.331. The minimum absolute atomic E-state index is 0.331. The highest BCUT2D eigenvalue weighted by atomic mass is 19.1. The molecule has 1 aromatic carbocycles. The van der Waals surface area contributed by atoms with Crippen LogP contribution in [0.2, 0.25) is 0 Å². The molecule has 0 aliphatic carbocycles. The number of nitrogens with zero attached hydrogens (tertiary/aromatic N) is 6. The van der Waals surface area contributed by atoms with Gasteiger partial charge in [-0.1, -0.05) is 0 Å². The van der Waals surface area contributed by atoms with Crippen LogP contribution in [0.25, 0.3) is 56.0 Å². The van der Waals surface area contributed by atoms with Gasteiger partial charge < -0.3 is 15.2 Å². The van der Waals surface area contributed by atoms with Crippen molar-refractivity contribution in [3.63, 3.8) is 0 Å². The Bertz CT molecular complexity index is 1710. The molecule has 0 aliphatic heterocycles. The summed E-state index contributed by atoms with van der Waals surface area (Å²) in [6.07, 6.45) is 6.91. The molecular formula is C27H24FN9. The molecule has 6 rings (SSSR count). The molecule has 0 amide bonds. The van der Waals surface area contributed by atoms with Gasteiger partial charge in [0, 0.05) is 48.5 Å². The van der Waals surface area contributed by atoms with Gasteiger partial charge in [-0.25, -0.2) is 14.4 Å². The van der Waals surface area contributed by atoms with Crippen LogP contribution in [0.4, 0.5) is 10.1 Å². The molecule has 3 N–H and O–H groups in total. The number of pyridine rings is 3. The molecule has 0 bridgehead atoms. The van der Waals surface area contributed by atoms with Crippen LogP contribution in [-0.4, -0.2) is 67.2 Å². The van der Waals surface area contributed by atoms with Crippen molar-refractivity contribution in [1.29, 1.82) is 0 Å². The number of H-pyrrole nitrogens is 2. The van der Waals surface area contributed by atoms with Crippen molar-refractivity contribution in [1.82, 2.24) is 40.0 Å². The number of nitrogens with one attached hydrogen (secondary N) is 3. The molecule has 0 saturated heterocycles. The van der Waals surface area contributed by atoms with Gasteiger partial charge in [-0.3, -0.25) is 15.1 Å². The van der Waals surface area contributed by atoms with Gasteiger partial charge >= 0.3 is 0 Å². The molecule has 0 radical (unpaired) electrons. The maximum Gasteiger partial charge on any atom is 0.161 e. The van der Waals surface area contributed by atoms with Gasteiger partial charge in [-0.15, -0.1) is 0 Å². The van der Waals surface area contributed by atoms with E-state index in [2.05, 4.69) is 35.4 Å². The number of aromatic nitrogens is 7. The molecular weight excluding hydrogens is 469 g/mol. The van der Waals surface area contributed by atoms with E-state index in [1.807, 2.05) is 44.4 Å². The van der Waals surface area contributed by atoms with E-state index in [0.29, 0.717) is 40.3 Å². The summed E-state index contributed by atoms with van der Waals surface area (Å²) in [6, 6.07) is 12.6. The van der Waals surface area contributed by atoms with Crippen LogP contribution in [0.1, 0.15) is 0 Å². The van der Waals surface area contributed by atoms with Gasteiger partial charge in [0.15, 0.2) is 11.5 Å². The Kier molecular flexibility index (Phi) is 5.78. The van der Waals surface area contributed by atoms with Crippen LogP contribution >= 0.6 is 0 Å². The first kappa shape index (κ1) is 22.7. The predicted molar refractivity (Wildman–Crippen MR) is 142 cm³/mol. The molecule has 0 aliphatic rings. The second kappa shape index (κ2) is 9.40. The second-order valence-electron chi connectivity index (χ2n) is 9.03. The van der Waals surface area contributed by atoms with Gasteiger partial charge in [-0.05, 0) is 62.1 Å². The van der Waals surface area contributed by atoms with Crippen molar-refractivity contribution in [3.8, 4) is 33.9 Å². The van der Waals surface area contributed by atoms with E-state index < -0.39 is 0 Å². The van der Waals surface area contributed by atoms with Crippen LogP contribution in [0.5, 0.6) is 0 Å². The third-order valence-electron chi connectivity index (χ3n) is 6.08. The zero-order chi connectivity index (χ0) is 25.4. The Balaban J connectivity index is 1.41. The molecule has 0 spiro atoms. The van der Waals surface area contributed by atoms with Crippen LogP contribution in [0.3, 0.4) is 0 Å². The van der Waals surface area contributed by atoms with Crippen molar-refractivity contribution in [3.05, 3.63) is 73.1 Å². The van der Waals surface area contributed by atoms with E-state index in [1.54, 1.807) is 24.8 Å². The van der Waals surface area contributed by atoms with Gasteiger partial charge in [0.05, 0.1) is 28.4 Å². The molecule has 5 heterocycles. The summed E-state index contributed by atoms with van der Waals surface area (Å²) in [7, 11) is 4.00. The molecule has 0 saturated carbocycles. The number of rotatable bonds is 7. The summed E-state index contributed by atoms with van der Waals surface area (Å²) in [5, 5.41) is 10.8. The number of anilines is 1. The fraction of sp³-hybridized carbons (Fsp3) is 0.148. The lowest BCUT2D eigenvalue weighted by Gasteiger charge is -2.12.